The summed E-state index contributed by atoms with van der Waals surface area (Å²) < 4.78 is 10.8. The summed E-state index contributed by atoms with van der Waals surface area (Å²) in [6.45, 7) is 2.94. The molecule has 17 heavy (non-hydrogen) atoms. The van der Waals surface area contributed by atoms with Gasteiger partial charge < -0.3 is 15.0 Å². The molecule has 1 saturated heterocycles. The molecule has 0 spiro atoms. The van der Waals surface area contributed by atoms with E-state index in [1.165, 1.54) is 6.42 Å². The lowest BCUT2D eigenvalue weighted by molar-refractivity contribution is 0.0153. The number of aromatic nitrogens is 2. The molecule has 1 aliphatic rings. The Bertz CT molecular complexity index is 334. The minimum Gasteiger partial charge on any atom is -0.378 e. The molecule has 1 aromatic heterocycles. The predicted octanol–water partition coefficient (Wildman–Crippen LogP) is 1.98. The highest BCUT2D eigenvalue weighted by molar-refractivity contribution is 4.93. The normalized spacial score (nSPS) is 22.6. The number of nitrogens with two attached hydrogens (primary N) is 1. The maximum atomic E-state index is 5.92. The van der Waals surface area contributed by atoms with Crippen LogP contribution in [0.15, 0.2) is 4.52 Å². The molecule has 2 heterocycles. The lowest BCUT2D eigenvalue weighted by atomic mass is 10.1. The van der Waals surface area contributed by atoms with Crippen LogP contribution in [-0.2, 0) is 11.2 Å². The Morgan fingerprint density at radius 3 is 3.06 bits per heavy atom. The van der Waals surface area contributed by atoms with Gasteiger partial charge in [0.05, 0.1) is 12.1 Å². The van der Waals surface area contributed by atoms with Gasteiger partial charge in [0.15, 0.2) is 5.82 Å². The van der Waals surface area contributed by atoms with Crippen LogP contribution in [0.1, 0.15) is 56.8 Å². The summed E-state index contributed by atoms with van der Waals surface area (Å²) in [5.41, 5.74) is 5.92. The van der Waals surface area contributed by atoms with E-state index in [2.05, 4.69) is 17.1 Å². The first-order valence-corrected chi connectivity index (χ1v) is 6.49. The summed E-state index contributed by atoms with van der Waals surface area (Å²) in [7, 11) is 0. The zero-order valence-corrected chi connectivity index (χ0v) is 10.4. The van der Waals surface area contributed by atoms with Crippen molar-refractivity contribution >= 4 is 0 Å². The molecule has 1 aliphatic heterocycles. The zero-order chi connectivity index (χ0) is 12.1. The van der Waals surface area contributed by atoms with Gasteiger partial charge in [-0.2, -0.15) is 4.98 Å². The fraction of sp³-hybridized carbons (Fsp3) is 0.833. The van der Waals surface area contributed by atoms with Crippen molar-refractivity contribution in [1.82, 2.24) is 10.1 Å². The van der Waals surface area contributed by atoms with Crippen molar-refractivity contribution in [2.24, 2.45) is 5.73 Å². The highest BCUT2D eigenvalue weighted by atomic mass is 16.5. The molecule has 0 radical (unpaired) electrons. The fourth-order valence-corrected chi connectivity index (χ4v) is 2.11. The summed E-state index contributed by atoms with van der Waals surface area (Å²) in [4.78, 5) is 4.34. The number of nitrogens with zero attached hydrogens (tertiary/aromatic N) is 2. The summed E-state index contributed by atoms with van der Waals surface area (Å²) in [5.74, 6) is 1.27. The van der Waals surface area contributed by atoms with Gasteiger partial charge in [0.1, 0.15) is 0 Å². The van der Waals surface area contributed by atoms with Crippen LogP contribution in [-0.4, -0.2) is 22.9 Å². The van der Waals surface area contributed by atoms with Gasteiger partial charge in [-0.05, 0) is 25.7 Å². The highest BCUT2D eigenvalue weighted by Gasteiger charge is 2.19. The number of hydrogen-bond donors (Lipinski definition) is 1. The summed E-state index contributed by atoms with van der Waals surface area (Å²) in [6.07, 6.45) is 6.36. The molecular formula is C12H21N3O2. The van der Waals surface area contributed by atoms with Crippen molar-refractivity contribution in [1.29, 1.82) is 0 Å². The Balaban J connectivity index is 1.88. The third-order valence-corrected chi connectivity index (χ3v) is 3.08. The minimum atomic E-state index is -0.131. The van der Waals surface area contributed by atoms with Crippen LogP contribution in [0.3, 0.4) is 0 Å². The van der Waals surface area contributed by atoms with E-state index in [9.17, 15) is 0 Å². The van der Waals surface area contributed by atoms with Crippen LogP contribution >= 0.6 is 0 Å². The SMILES string of the molecule is CCC[C@@H](N)c1nc(CC2CCCCO2)no1. The zero-order valence-electron chi connectivity index (χ0n) is 10.4. The van der Waals surface area contributed by atoms with Gasteiger partial charge in [0.2, 0.25) is 5.89 Å². The smallest absolute Gasteiger partial charge is 0.243 e. The largest absolute Gasteiger partial charge is 0.378 e. The molecule has 2 atom stereocenters. The number of hydrogen-bond acceptors (Lipinski definition) is 5. The van der Waals surface area contributed by atoms with Gasteiger partial charge in [-0.3, -0.25) is 0 Å². The van der Waals surface area contributed by atoms with Crippen molar-refractivity contribution in [3.05, 3.63) is 11.7 Å². The van der Waals surface area contributed by atoms with Crippen LogP contribution in [0.2, 0.25) is 0 Å². The van der Waals surface area contributed by atoms with Crippen LogP contribution in [0.25, 0.3) is 0 Å². The highest BCUT2D eigenvalue weighted by Crippen LogP contribution is 2.18. The Hall–Kier alpha value is -0.940. The lowest BCUT2D eigenvalue weighted by Gasteiger charge is -2.20. The van der Waals surface area contributed by atoms with Crippen molar-refractivity contribution < 1.29 is 9.26 Å². The lowest BCUT2D eigenvalue weighted by Crippen LogP contribution is -2.22. The quantitative estimate of drug-likeness (QED) is 0.850. The average Bonchev–Trinajstić information content (AvgIpc) is 2.79. The molecule has 0 saturated carbocycles. The summed E-state index contributed by atoms with van der Waals surface area (Å²) in [6, 6.07) is -0.131. The van der Waals surface area contributed by atoms with Gasteiger partial charge in [0.25, 0.3) is 0 Å². The number of ether oxygens (including phenoxy) is 1. The third-order valence-electron chi connectivity index (χ3n) is 3.08. The van der Waals surface area contributed by atoms with Crippen LogP contribution in [0, 0.1) is 0 Å². The Kier molecular flexibility index (Phi) is 4.50. The topological polar surface area (TPSA) is 74.2 Å². The molecule has 5 heteroatoms. The summed E-state index contributed by atoms with van der Waals surface area (Å²) in [5, 5.41) is 3.97. The van der Waals surface area contributed by atoms with Crippen molar-refractivity contribution in [2.45, 2.75) is 57.6 Å². The molecule has 0 amide bonds. The first-order chi connectivity index (χ1) is 8.29. The van der Waals surface area contributed by atoms with Crippen LogP contribution in [0.4, 0.5) is 0 Å². The molecule has 1 fully saturated rings. The van der Waals surface area contributed by atoms with E-state index in [0.717, 1.165) is 44.5 Å². The molecule has 2 rings (SSSR count). The van der Waals surface area contributed by atoms with E-state index >= 15 is 0 Å². The molecule has 5 nitrogen and oxygen atoms in total. The maximum absolute atomic E-state index is 5.92. The van der Waals surface area contributed by atoms with Crippen molar-refractivity contribution in [3.63, 3.8) is 0 Å². The van der Waals surface area contributed by atoms with E-state index < -0.39 is 0 Å². The van der Waals surface area contributed by atoms with Crippen molar-refractivity contribution in [3.8, 4) is 0 Å². The first kappa shape index (κ1) is 12.5. The molecule has 0 aliphatic carbocycles. The van der Waals surface area contributed by atoms with Gasteiger partial charge in [-0.1, -0.05) is 18.5 Å². The second kappa shape index (κ2) is 6.12. The molecule has 1 aromatic rings. The minimum absolute atomic E-state index is 0.131. The van der Waals surface area contributed by atoms with Gasteiger partial charge in [0, 0.05) is 13.0 Å². The Morgan fingerprint density at radius 1 is 1.47 bits per heavy atom. The third kappa shape index (κ3) is 3.51. The molecule has 1 unspecified atom stereocenters. The molecule has 2 N–H and O–H groups in total. The fourth-order valence-electron chi connectivity index (χ4n) is 2.11. The van der Waals surface area contributed by atoms with Crippen LogP contribution < -0.4 is 5.73 Å². The predicted molar refractivity (Wildman–Crippen MR) is 63.4 cm³/mol. The van der Waals surface area contributed by atoms with E-state index in [-0.39, 0.29) is 12.1 Å². The molecule has 96 valence electrons. The van der Waals surface area contributed by atoms with E-state index in [1.807, 2.05) is 0 Å². The van der Waals surface area contributed by atoms with Gasteiger partial charge in [-0.15, -0.1) is 0 Å². The Morgan fingerprint density at radius 2 is 2.35 bits per heavy atom. The van der Waals surface area contributed by atoms with E-state index in [1.54, 1.807) is 0 Å². The summed E-state index contributed by atoms with van der Waals surface area (Å²) >= 11 is 0. The monoisotopic (exact) mass is 239 g/mol. The first-order valence-electron chi connectivity index (χ1n) is 6.49. The molecular weight excluding hydrogens is 218 g/mol. The standard InChI is InChI=1S/C12H21N3O2/c1-2-5-10(13)12-14-11(15-17-12)8-9-6-3-4-7-16-9/h9-10H,2-8,13H2,1H3/t9?,10-/m1/s1. The second-order valence-corrected chi connectivity index (χ2v) is 4.64. The van der Waals surface area contributed by atoms with E-state index in [0.29, 0.717) is 5.89 Å². The second-order valence-electron chi connectivity index (χ2n) is 4.64. The average molecular weight is 239 g/mol. The molecule has 0 bridgehead atoms. The maximum Gasteiger partial charge on any atom is 0.243 e. The van der Waals surface area contributed by atoms with Crippen LogP contribution in [0.5, 0.6) is 0 Å². The van der Waals surface area contributed by atoms with Crippen molar-refractivity contribution in [2.75, 3.05) is 6.61 Å². The van der Waals surface area contributed by atoms with Gasteiger partial charge in [-0.25, -0.2) is 0 Å². The molecule has 0 aromatic carbocycles. The van der Waals surface area contributed by atoms with Gasteiger partial charge >= 0.3 is 0 Å². The van der Waals surface area contributed by atoms with E-state index in [4.69, 9.17) is 15.0 Å². The number of rotatable bonds is 5. The Labute approximate surface area is 102 Å².